The van der Waals surface area contributed by atoms with Gasteiger partial charge in [-0.2, -0.15) is 5.26 Å². The van der Waals surface area contributed by atoms with Gasteiger partial charge in [-0.05, 0) is 61.4 Å². The van der Waals surface area contributed by atoms with Crippen molar-refractivity contribution in [3.05, 3.63) is 94.0 Å². The minimum absolute atomic E-state index is 0.120. The molecule has 2 N–H and O–H groups in total. The van der Waals surface area contributed by atoms with E-state index < -0.39 is 5.91 Å². The maximum Gasteiger partial charge on any atom is 0.266 e. The van der Waals surface area contributed by atoms with Crippen LogP contribution in [0.4, 0.5) is 11.4 Å². The molecule has 3 aromatic carbocycles. The van der Waals surface area contributed by atoms with Gasteiger partial charge in [-0.1, -0.05) is 48.0 Å². The van der Waals surface area contributed by atoms with Crippen LogP contribution in [-0.2, 0) is 9.59 Å². The molecular weight excluding hydrogens is 438 g/mol. The highest BCUT2D eigenvalue weighted by Crippen LogP contribution is 2.23. The SMILES string of the molecule is Cc1cccc(NC(=O)COc2ccccc2/C=C(/C#N)C(=O)Nc2cccc(Cl)c2)c1C. The number of rotatable bonds is 7. The summed E-state index contributed by atoms with van der Waals surface area (Å²) in [6.07, 6.45) is 1.41. The Morgan fingerprint density at radius 1 is 1.03 bits per heavy atom. The third-order valence-electron chi connectivity index (χ3n) is 4.90. The Bertz CT molecular complexity index is 1260. The molecule has 0 saturated heterocycles. The number of carbonyl (C=O) groups is 2. The lowest BCUT2D eigenvalue weighted by Crippen LogP contribution is -2.21. The van der Waals surface area contributed by atoms with Crippen molar-refractivity contribution in [3.63, 3.8) is 0 Å². The predicted molar refractivity (Wildman–Crippen MR) is 130 cm³/mol. The molecule has 0 unspecified atom stereocenters. The average Bonchev–Trinajstić information content (AvgIpc) is 2.79. The van der Waals surface area contributed by atoms with Crippen molar-refractivity contribution in [1.82, 2.24) is 0 Å². The van der Waals surface area contributed by atoms with Crippen molar-refractivity contribution in [2.24, 2.45) is 0 Å². The number of anilines is 2. The Balaban J connectivity index is 1.71. The molecule has 0 aliphatic carbocycles. The number of nitrogens with zero attached hydrogens (tertiary/aromatic N) is 1. The Labute approximate surface area is 197 Å². The number of benzene rings is 3. The highest BCUT2D eigenvalue weighted by molar-refractivity contribution is 6.31. The molecule has 0 aliphatic rings. The van der Waals surface area contributed by atoms with Gasteiger partial charge in [0.25, 0.3) is 11.8 Å². The van der Waals surface area contributed by atoms with Crippen LogP contribution in [0.1, 0.15) is 16.7 Å². The van der Waals surface area contributed by atoms with E-state index in [4.69, 9.17) is 16.3 Å². The number of para-hydroxylation sites is 1. The maximum absolute atomic E-state index is 12.5. The number of nitrogens with one attached hydrogen (secondary N) is 2. The van der Waals surface area contributed by atoms with Gasteiger partial charge in [0, 0.05) is 22.0 Å². The second kappa shape index (κ2) is 11.0. The lowest BCUT2D eigenvalue weighted by atomic mass is 10.1. The highest BCUT2D eigenvalue weighted by atomic mass is 35.5. The quantitative estimate of drug-likeness (QED) is 0.359. The lowest BCUT2D eigenvalue weighted by molar-refractivity contribution is -0.118. The molecule has 0 spiro atoms. The molecule has 6 nitrogen and oxygen atoms in total. The first-order valence-electron chi connectivity index (χ1n) is 10.1. The first kappa shape index (κ1) is 23.6. The fourth-order valence-corrected chi connectivity index (χ4v) is 3.21. The van der Waals surface area contributed by atoms with Crippen molar-refractivity contribution in [1.29, 1.82) is 5.26 Å². The summed E-state index contributed by atoms with van der Waals surface area (Å²) < 4.78 is 5.69. The van der Waals surface area contributed by atoms with Crippen LogP contribution >= 0.6 is 11.6 Å². The lowest BCUT2D eigenvalue weighted by Gasteiger charge is -2.12. The summed E-state index contributed by atoms with van der Waals surface area (Å²) in [5, 5.41) is 15.4. The molecule has 7 heteroatoms. The van der Waals surface area contributed by atoms with E-state index in [1.165, 1.54) is 6.08 Å². The van der Waals surface area contributed by atoms with Gasteiger partial charge in [0.1, 0.15) is 17.4 Å². The summed E-state index contributed by atoms with van der Waals surface area (Å²) in [7, 11) is 0. The Morgan fingerprint density at radius 3 is 2.55 bits per heavy atom. The molecule has 3 aromatic rings. The van der Waals surface area contributed by atoms with Gasteiger partial charge in [-0.15, -0.1) is 0 Å². The Hall–Kier alpha value is -4.08. The van der Waals surface area contributed by atoms with Crippen LogP contribution in [0.3, 0.4) is 0 Å². The standard InChI is InChI=1S/C26H22ClN3O3/c1-17-7-5-11-23(18(17)2)30-25(31)16-33-24-12-4-3-8-19(24)13-20(15-28)26(32)29-22-10-6-9-21(27)14-22/h3-14H,16H2,1-2H3,(H,29,32)(H,30,31)/b20-13-. The topological polar surface area (TPSA) is 91.2 Å². The summed E-state index contributed by atoms with van der Waals surface area (Å²) in [5.41, 5.74) is 3.63. The van der Waals surface area contributed by atoms with Crippen molar-refractivity contribution in [2.45, 2.75) is 13.8 Å². The number of aryl methyl sites for hydroxylation is 1. The average molecular weight is 460 g/mol. The molecule has 0 fully saturated rings. The van der Waals surface area contributed by atoms with Crippen molar-refractivity contribution >= 4 is 40.9 Å². The van der Waals surface area contributed by atoms with Crippen LogP contribution in [0.2, 0.25) is 5.02 Å². The number of hydrogen-bond acceptors (Lipinski definition) is 4. The summed E-state index contributed by atoms with van der Waals surface area (Å²) >= 11 is 5.94. The van der Waals surface area contributed by atoms with E-state index in [0.29, 0.717) is 22.0 Å². The molecule has 33 heavy (non-hydrogen) atoms. The third kappa shape index (κ3) is 6.45. The summed E-state index contributed by atoms with van der Waals surface area (Å²) in [5.74, 6) is -0.527. The zero-order valence-corrected chi connectivity index (χ0v) is 18.9. The van der Waals surface area contributed by atoms with Crippen LogP contribution in [-0.4, -0.2) is 18.4 Å². The molecule has 0 atom stereocenters. The fourth-order valence-electron chi connectivity index (χ4n) is 3.02. The summed E-state index contributed by atoms with van der Waals surface area (Å²) in [6, 6.07) is 21.1. The minimum Gasteiger partial charge on any atom is -0.483 e. The summed E-state index contributed by atoms with van der Waals surface area (Å²) in [6.45, 7) is 3.68. The van der Waals surface area contributed by atoms with Gasteiger partial charge >= 0.3 is 0 Å². The van der Waals surface area contributed by atoms with Gasteiger partial charge in [0.05, 0.1) is 0 Å². The molecule has 0 bridgehead atoms. The number of amides is 2. The molecule has 3 rings (SSSR count). The van der Waals surface area contributed by atoms with Gasteiger partial charge in [-0.3, -0.25) is 9.59 Å². The fraction of sp³-hybridized carbons (Fsp3) is 0.115. The van der Waals surface area contributed by atoms with Crippen LogP contribution in [0.15, 0.2) is 72.3 Å². The molecular formula is C26H22ClN3O3. The van der Waals surface area contributed by atoms with E-state index >= 15 is 0 Å². The maximum atomic E-state index is 12.5. The summed E-state index contributed by atoms with van der Waals surface area (Å²) in [4.78, 5) is 24.9. The number of halogens is 1. The monoisotopic (exact) mass is 459 g/mol. The third-order valence-corrected chi connectivity index (χ3v) is 5.14. The van der Waals surface area contributed by atoms with Crippen molar-refractivity contribution < 1.29 is 14.3 Å². The second-order valence-electron chi connectivity index (χ2n) is 7.26. The molecule has 166 valence electrons. The number of nitriles is 1. The van der Waals surface area contributed by atoms with Gasteiger partial charge in [0.15, 0.2) is 6.61 Å². The molecule has 0 radical (unpaired) electrons. The zero-order valence-electron chi connectivity index (χ0n) is 18.2. The van der Waals surface area contributed by atoms with Crippen molar-refractivity contribution in [3.8, 4) is 11.8 Å². The van der Waals surface area contributed by atoms with Crippen LogP contribution in [0, 0.1) is 25.2 Å². The van der Waals surface area contributed by atoms with E-state index in [9.17, 15) is 14.9 Å². The minimum atomic E-state index is -0.581. The molecule has 0 saturated carbocycles. The van der Waals surface area contributed by atoms with Gasteiger partial charge in [-0.25, -0.2) is 0 Å². The van der Waals surface area contributed by atoms with E-state index in [0.717, 1.165) is 16.8 Å². The normalized spacial score (nSPS) is 10.8. The van der Waals surface area contributed by atoms with E-state index in [1.807, 2.05) is 38.1 Å². The smallest absolute Gasteiger partial charge is 0.266 e. The van der Waals surface area contributed by atoms with Crippen LogP contribution in [0.5, 0.6) is 5.75 Å². The number of carbonyl (C=O) groups excluding carboxylic acids is 2. The van der Waals surface area contributed by atoms with Crippen LogP contribution in [0.25, 0.3) is 6.08 Å². The van der Waals surface area contributed by atoms with Gasteiger partial charge < -0.3 is 15.4 Å². The molecule has 0 aliphatic heterocycles. The first-order chi connectivity index (χ1) is 15.9. The largest absolute Gasteiger partial charge is 0.483 e. The Morgan fingerprint density at radius 2 is 1.79 bits per heavy atom. The zero-order chi connectivity index (χ0) is 23.8. The van der Waals surface area contributed by atoms with E-state index in [-0.39, 0.29) is 18.1 Å². The first-order valence-corrected chi connectivity index (χ1v) is 10.5. The molecule has 0 aromatic heterocycles. The second-order valence-corrected chi connectivity index (χ2v) is 7.69. The number of hydrogen-bond donors (Lipinski definition) is 2. The predicted octanol–water partition coefficient (Wildman–Crippen LogP) is 5.52. The van der Waals surface area contributed by atoms with E-state index in [1.54, 1.807) is 48.5 Å². The highest BCUT2D eigenvalue weighted by Gasteiger charge is 2.13. The molecule has 0 heterocycles. The van der Waals surface area contributed by atoms with Crippen LogP contribution < -0.4 is 15.4 Å². The Kier molecular flexibility index (Phi) is 7.85. The van der Waals surface area contributed by atoms with Crippen molar-refractivity contribution in [2.75, 3.05) is 17.2 Å². The molecule has 2 amide bonds. The van der Waals surface area contributed by atoms with Gasteiger partial charge in [0.2, 0.25) is 0 Å². The number of ether oxygens (including phenoxy) is 1. The van der Waals surface area contributed by atoms with E-state index in [2.05, 4.69) is 10.6 Å².